The highest BCUT2D eigenvalue weighted by molar-refractivity contribution is 5.94. The number of carbonyl (C=O) groups is 1. The fraction of sp³-hybridized carbons (Fsp3) is 0.556. The van der Waals surface area contributed by atoms with Gasteiger partial charge in [-0.15, -0.1) is 0 Å². The van der Waals surface area contributed by atoms with Crippen LogP contribution in [0.1, 0.15) is 23.3 Å². The molecule has 0 bridgehead atoms. The summed E-state index contributed by atoms with van der Waals surface area (Å²) >= 11 is 0. The molecule has 1 aromatic rings. The molecule has 1 amide bonds. The zero-order valence-electron chi connectivity index (χ0n) is 8.50. The number of hydrogen-bond donors (Lipinski definition) is 0. The van der Waals surface area contributed by atoms with Gasteiger partial charge < -0.3 is 15.0 Å². The Morgan fingerprint density at radius 3 is 3.12 bits per heavy atom. The number of nitro groups is 1. The van der Waals surface area contributed by atoms with Crippen molar-refractivity contribution < 1.29 is 9.72 Å². The number of amides is 1. The van der Waals surface area contributed by atoms with Crippen LogP contribution in [0.5, 0.6) is 0 Å². The molecule has 0 N–H and O–H groups in total. The summed E-state index contributed by atoms with van der Waals surface area (Å²) in [4.78, 5) is 23.8. The molecule has 3 heterocycles. The molecule has 3 rings (SSSR count). The second kappa shape index (κ2) is 3.03. The molecule has 2 aliphatic heterocycles. The number of aromatic nitrogens is 2. The molecule has 7 heteroatoms. The van der Waals surface area contributed by atoms with Gasteiger partial charge in [0.25, 0.3) is 5.91 Å². The molecule has 0 unspecified atom stereocenters. The molecular formula is C9H10N4O3. The zero-order valence-corrected chi connectivity index (χ0v) is 8.50. The van der Waals surface area contributed by atoms with Gasteiger partial charge in [0.2, 0.25) is 0 Å². The van der Waals surface area contributed by atoms with E-state index in [-0.39, 0.29) is 17.8 Å². The Bertz CT molecular complexity index is 481. The first-order chi connectivity index (χ1) is 7.66. The van der Waals surface area contributed by atoms with Gasteiger partial charge in [-0.3, -0.25) is 4.79 Å². The lowest BCUT2D eigenvalue weighted by atomic mass is 10.2. The molecule has 1 fully saturated rings. The summed E-state index contributed by atoms with van der Waals surface area (Å²) in [5.41, 5.74) is 0.338. The summed E-state index contributed by atoms with van der Waals surface area (Å²) in [5, 5.41) is 14.4. The summed E-state index contributed by atoms with van der Waals surface area (Å²) in [7, 11) is 0. The van der Waals surface area contributed by atoms with Crippen molar-refractivity contribution in [3.8, 4) is 0 Å². The van der Waals surface area contributed by atoms with E-state index >= 15 is 0 Å². The minimum absolute atomic E-state index is 0.130. The fourth-order valence-electron chi connectivity index (χ4n) is 2.44. The molecule has 16 heavy (non-hydrogen) atoms. The Hall–Kier alpha value is -1.92. The molecule has 0 aliphatic carbocycles. The van der Waals surface area contributed by atoms with Gasteiger partial charge in [0.1, 0.15) is 0 Å². The highest BCUT2D eigenvalue weighted by atomic mass is 16.6. The van der Waals surface area contributed by atoms with Crippen molar-refractivity contribution in [1.82, 2.24) is 14.7 Å². The van der Waals surface area contributed by atoms with E-state index in [2.05, 4.69) is 5.10 Å². The van der Waals surface area contributed by atoms with Crippen molar-refractivity contribution >= 4 is 11.7 Å². The second-order valence-corrected chi connectivity index (χ2v) is 4.12. The van der Waals surface area contributed by atoms with Gasteiger partial charge in [-0.05, 0) is 17.8 Å². The van der Waals surface area contributed by atoms with Crippen LogP contribution in [0.3, 0.4) is 0 Å². The van der Waals surface area contributed by atoms with Crippen LogP contribution in [0.25, 0.3) is 0 Å². The molecular weight excluding hydrogens is 212 g/mol. The minimum atomic E-state index is -0.566. The van der Waals surface area contributed by atoms with Crippen LogP contribution < -0.4 is 0 Å². The maximum Gasteiger partial charge on any atom is 0.390 e. The van der Waals surface area contributed by atoms with E-state index in [1.54, 1.807) is 4.90 Å². The van der Waals surface area contributed by atoms with Gasteiger partial charge in [0.15, 0.2) is 5.69 Å². The lowest BCUT2D eigenvalue weighted by Gasteiger charge is -2.28. The quantitative estimate of drug-likeness (QED) is 0.509. The van der Waals surface area contributed by atoms with Crippen LogP contribution in [0.4, 0.5) is 5.82 Å². The topological polar surface area (TPSA) is 81.3 Å². The number of fused-ring (bicyclic) bond motifs is 2. The Balaban J connectivity index is 2.04. The molecule has 1 saturated heterocycles. The van der Waals surface area contributed by atoms with Crippen molar-refractivity contribution in [3.05, 3.63) is 21.9 Å². The van der Waals surface area contributed by atoms with Crippen molar-refractivity contribution in [2.24, 2.45) is 0 Å². The van der Waals surface area contributed by atoms with Crippen LogP contribution in [-0.4, -0.2) is 38.1 Å². The summed E-state index contributed by atoms with van der Waals surface area (Å²) < 4.78 is 1.47. The standard InChI is InChI=1S/C9H10N4O3/c14-9-7-4-8(13(15)16)10-12(7)5-6-2-1-3-11(6)9/h4,6H,1-3,5H2/t6-/m1/s1. The molecule has 0 saturated carbocycles. The molecule has 1 aromatic heterocycles. The largest absolute Gasteiger partial charge is 0.390 e. The molecule has 0 radical (unpaired) electrons. The number of carbonyl (C=O) groups excluding carboxylic acids is 1. The van der Waals surface area contributed by atoms with Crippen LogP contribution in [-0.2, 0) is 6.54 Å². The van der Waals surface area contributed by atoms with Crippen LogP contribution in [0.15, 0.2) is 6.07 Å². The van der Waals surface area contributed by atoms with Gasteiger partial charge in [-0.2, -0.15) is 4.68 Å². The third-order valence-corrected chi connectivity index (χ3v) is 3.19. The predicted molar refractivity (Wildman–Crippen MR) is 52.9 cm³/mol. The van der Waals surface area contributed by atoms with E-state index in [0.717, 1.165) is 19.4 Å². The van der Waals surface area contributed by atoms with Crippen LogP contribution >= 0.6 is 0 Å². The van der Waals surface area contributed by atoms with E-state index in [1.807, 2.05) is 0 Å². The van der Waals surface area contributed by atoms with E-state index in [0.29, 0.717) is 12.2 Å². The summed E-state index contributed by atoms with van der Waals surface area (Å²) in [6.45, 7) is 1.33. The first-order valence-corrected chi connectivity index (χ1v) is 5.20. The Morgan fingerprint density at radius 2 is 2.38 bits per heavy atom. The van der Waals surface area contributed by atoms with E-state index in [9.17, 15) is 14.9 Å². The predicted octanol–water partition coefficient (Wildman–Crippen LogP) is 0.409. The third-order valence-electron chi connectivity index (χ3n) is 3.19. The molecule has 2 aliphatic rings. The highest BCUT2D eigenvalue weighted by Gasteiger charge is 2.39. The van der Waals surface area contributed by atoms with Gasteiger partial charge in [-0.25, -0.2) is 0 Å². The SMILES string of the molecule is O=C1c2cc([N+](=O)[O-])nn2C[C@H]2CCCN12. The first-order valence-electron chi connectivity index (χ1n) is 5.20. The van der Waals surface area contributed by atoms with Crippen LogP contribution in [0.2, 0.25) is 0 Å². The summed E-state index contributed by atoms with van der Waals surface area (Å²) in [5.74, 6) is -0.376. The maximum absolute atomic E-state index is 12.0. The second-order valence-electron chi connectivity index (χ2n) is 4.12. The van der Waals surface area contributed by atoms with E-state index < -0.39 is 4.92 Å². The average Bonchev–Trinajstić information content (AvgIpc) is 2.83. The van der Waals surface area contributed by atoms with Gasteiger partial charge >= 0.3 is 5.82 Å². The van der Waals surface area contributed by atoms with Crippen molar-refractivity contribution in [2.45, 2.75) is 25.4 Å². The average molecular weight is 222 g/mol. The van der Waals surface area contributed by atoms with Gasteiger partial charge in [0.05, 0.1) is 23.8 Å². The molecule has 0 aromatic carbocycles. The monoisotopic (exact) mass is 222 g/mol. The summed E-state index contributed by atoms with van der Waals surface area (Å²) in [6.07, 6.45) is 1.96. The molecule has 1 atom stereocenters. The van der Waals surface area contributed by atoms with E-state index in [1.165, 1.54) is 10.7 Å². The minimum Gasteiger partial charge on any atom is -0.358 e. The number of rotatable bonds is 1. The van der Waals surface area contributed by atoms with Crippen molar-refractivity contribution in [3.63, 3.8) is 0 Å². The normalized spacial score (nSPS) is 23.1. The lowest BCUT2D eigenvalue weighted by molar-refractivity contribution is -0.389. The molecule has 0 spiro atoms. The van der Waals surface area contributed by atoms with Crippen LogP contribution in [0, 0.1) is 10.1 Å². The van der Waals surface area contributed by atoms with Gasteiger partial charge in [0, 0.05) is 6.54 Å². The Kier molecular flexibility index (Phi) is 1.77. The smallest absolute Gasteiger partial charge is 0.358 e. The Morgan fingerprint density at radius 1 is 1.56 bits per heavy atom. The first kappa shape index (κ1) is 9.32. The number of hydrogen-bond acceptors (Lipinski definition) is 4. The fourth-order valence-corrected chi connectivity index (χ4v) is 2.44. The molecule has 84 valence electrons. The maximum atomic E-state index is 12.0. The zero-order chi connectivity index (χ0) is 11.3. The van der Waals surface area contributed by atoms with E-state index in [4.69, 9.17) is 0 Å². The third kappa shape index (κ3) is 1.14. The molecule has 7 nitrogen and oxygen atoms in total. The Labute approximate surface area is 90.8 Å². The summed E-state index contributed by atoms with van der Waals surface area (Å²) in [6, 6.07) is 1.43. The highest BCUT2D eigenvalue weighted by Crippen LogP contribution is 2.27. The van der Waals surface area contributed by atoms with Crippen molar-refractivity contribution in [1.29, 1.82) is 0 Å². The van der Waals surface area contributed by atoms with Gasteiger partial charge in [-0.1, -0.05) is 0 Å². The number of nitrogens with zero attached hydrogens (tertiary/aromatic N) is 4. The van der Waals surface area contributed by atoms with Crippen molar-refractivity contribution in [2.75, 3.05) is 6.54 Å². The lowest BCUT2D eigenvalue weighted by Crippen LogP contribution is -2.44.